The number of nitrogens with zero attached hydrogens (tertiary/aromatic N) is 5. The summed E-state index contributed by atoms with van der Waals surface area (Å²) in [5, 5.41) is 13.1. The summed E-state index contributed by atoms with van der Waals surface area (Å²) >= 11 is 0. The topological polar surface area (TPSA) is 56.1 Å². The fraction of sp³-hybridized carbons (Fsp3) is 0.759. The van der Waals surface area contributed by atoms with E-state index < -0.39 is 0 Å². The lowest BCUT2D eigenvalue weighted by Crippen LogP contribution is -2.46. The van der Waals surface area contributed by atoms with Crippen molar-refractivity contribution in [3.05, 3.63) is 23.9 Å². The summed E-state index contributed by atoms with van der Waals surface area (Å²) in [5.41, 5.74) is 3.57. The van der Waals surface area contributed by atoms with Gasteiger partial charge in [-0.3, -0.25) is 4.68 Å². The molecule has 0 amide bonds. The molecule has 6 heteroatoms. The van der Waals surface area contributed by atoms with E-state index in [1.807, 2.05) is 37.0 Å². The van der Waals surface area contributed by atoms with Crippen LogP contribution in [0.25, 0.3) is 11.4 Å². The Morgan fingerprint density at radius 3 is 2.29 bits per heavy atom. The van der Waals surface area contributed by atoms with Crippen LogP contribution in [0.4, 0.5) is 0 Å². The van der Waals surface area contributed by atoms with E-state index in [0.717, 1.165) is 53.1 Å². The normalized spacial score (nSPS) is 36.9. The molecule has 35 heavy (non-hydrogen) atoms. The molecule has 1 saturated heterocycles. The number of likely N-dealkylation sites (tertiary alicyclic amines) is 1. The number of hydrogen-bond donors (Lipinski definition) is 0. The Morgan fingerprint density at radius 2 is 1.69 bits per heavy atom. The van der Waals surface area contributed by atoms with Crippen molar-refractivity contribution in [1.82, 2.24) is 24.9 Å². The molecule has 4 atom stereocenters. The highest BCUT2D eigenvalue weighted by Crippen LogP contribution is 2.54. The Labute approximate surface area is 210 Å². The van der Waals surface area contributed by atoms with E-state index in [4.69, 9.17) is 4.74 Å². The molecule has 0 aromatic carbocycles. The fourth-order valence-electron chi connectivity index (χ4n) is 9.01. The molecule has 4 fully saturated rings. The van der Waals surface area contributed by atoms with Crippen molar-refractivity contribution in [2.24, 2.45) is 48.0 Å². The SMILES string of the molecule is Cc1cnn(C)c1-c1ccc(OCC2CC3CN(CC45CC(C)CC(CC(C)C4)C5)CC3C2)nn1. The molecule has 190 valence electrons. The van der Waals surface area contributed by atoms with Crippen LogP contribution in [0.2, 0.25) is 0 Å². The van der Waals surface area contributed by atoms with Crippen LogP contribution in [0.15, 0.2) is 18.3 Å². The third kappa shape index (κ3) is 4.75. The molecule has 4 unspecified atom stereocenters. The summed E-state index contributed by atoms with van der Waals surface area (Å²) in [6.07, 6.45) is 11.9. The Bertz CT molecular complexity index is 979. The summed E-state index contributed by atoms with van der Waals surface area (Å²) in [5.74, 6) is 5.86. The Balaban J connectivity index is 0.999. The van der Waals surface area contributed by atoms with Crippen LogP contribution in [0.1, 0.15) is 64.4 Å². The number of aryl methyl sites for hydroxylation is 2. The highest BCUT2D eigenvalue weighted by molar-refractivity contribution is 5.58. The lowest BCUT2D eigenvalue weighted by Gasteiger charge is -2.51. The van der Waals surface area contributed by atoms with Gasteiger partial charge in [0.15, 0.2) is 0 Å². The molecular weight excluding hydrogens is 434 g/mol. The quantitative estimate of drug-likeness (QED) is 0.559. The molecule has 3 saturated carbocycles. The predicted octanol–water partition coefficient (Wildman–Crippen LogP) is 5.37. The van der Waals surface area contributed by atoms with Gasteiger partial charge in [-0.2, -0.15) is 5.10 Å². The zero-order chi connectivity index (χ0) is 24.2. The average molecular weight is 478 g/mol. The zero-order valence-corrected chi connectivity index (χ0v) is 22.1. The van der Waals surface area contributed by atoms with Gasteiger partial charge in [-0.25, -0.2) is 0 Å². The monoisotopic (exact) mass is 477 g/mol. The highest BCUT2D eigenvalue weighted by Gasteiger charge is 2.48. The lowest BCUT2D eigenvalue weighted by atomic mass is 9.56. The molecule has 3 heterocycles. The van der Waals surface area contributed by atoms with Gasteiger partial charge >= 0.3 is 0 Å². The van der Waals surface area contributed by atoms with Crippen molar-refractivity contribution < 1.29 is 4.74 Å². The van der Waals surface area contributed by atoms with Crippen molar-refractivity contribution in [3.63, 3.8) is 0 Å². The van der Waals surface area contributed by atoms with Crippen molar-refractivity contribution >= 4 is 0 Å². The number of fused-ring (bicyclic) bond motifs is 3. The van der Waals surface area contributed by atoms with E-state index in [9.17, 15) is 0 Å². The summed E-state index contributed by atoms with van der Waals surface area (Å²) < 4.78 is 7.95. The van der Waals surface area contributed by atoms with E-state index in [2.05, 4.69) is 34.0 Å². The van der Waals surface area contributed by atoms with Gasteiger partial charge in [-0.1, -0.05) is 13.8 Å². The molecule has 0 spiro atoms. The second kappa shape index (κ2) is 9.17. The number of ether oxygens (including phenoxy) is 1. The van der Waals surface area contributed by atoms with Crippen LogP contribution in [0.5, 0.6) is 5.88 Å². The van der Waals surface area contributed by atoms with Gasteiger partial charge in [0.2, 0.25) is 5.88 Å². The molecule has 2 aromatic rings. The van der Waals surface area contributed by atoms with E-state index >= 15 is 0 Å². The molecular formula is C29H43N5O. The third-order valence-corrected chi connectivity index (χ3v) is 9.71. The molecule has 3 aliphatic carbocycles. The first-order valence-corrected chi connectivity index (χ1v) is 14.0. The van der Waals surface area contributed by atoms with Crippen molar-refractivity contribution in [3.8, 4) is 17.3 Å². The minimum atomic E-state index is 0.611. The van der Waals surface area contributed by atoms with E-state index in [-0.39, 0.29) is 0 Å². The Morgan fingerprint density at radius 1 is 0.971 bits per heavy atom. The first kappa shape index (κ1) is 23.4. The van der Waals surface area contributed by atoms with Gasteiger partial charge in [-0.15, -0.1) is 10.2 Å². The standard InChI is InChI=1S/C29H43N5O/c1-19-7-22-8-20(2)12-29(11-19,13-22)18-34-15-24-9-23(10-25(24)16-34)17-35-27-6-5-26(31-32-27)28-21(3)14-30-33(28)4/h5-6,14,19-20,22-25H,7-13,15-18H2,1-4H3. The molecule has 6 nitrogen and oxygen atoms in total. The predicted molar refractivity (Wildman–Crippen MR) is 138 cm³/mol. The maximum atomic E-state index is 6.10. The second-order valence-electron chi connectivity index (χ2n) is 13.1. The fourth-order valence-corrected chi connectivity index (χ4v) is 9.01. The highest BCUT2D eigenvalue weighted by atomic mass is 16.5. The largest absolute Gasteiger partial charge is 0.476 e. The smallest absolute Gasteiger partial charge is 0.233 e. The van der Waals surface area contributed by atoms with Gasteiger partial charge in [0.25, 0.3) is 0 Å². The van der Waals surface area contributed by atoms with Crippen LogP contribution in [-0.4, -0.2) is 51.1 Å². The molecule has 0 radical (unpaired) electrons. The first-order chi connectivity index (χ1) is 16.9. The van der Waals surface area contributed by atoms with Gasteiger partial charge in [0.1, 0.15) is 5.69 Å². The van der Waals surface area contributed by atoms with E-state index in [1.54, 1.807) is 0 Å². The third-order valence-electron chi connectivity index (χ3n) is 9.71. The van der Waals surface area contributed by atoms with Crippen LogP contribution in [-0.2, 0) is 7.05 Å². The van der Waals surface area contributed by atoms with Crippen LogP contribution in [0.3, 0.4) is 0 Å². The van der Waals surface area contributed by atoms with Crippen molar-refractivity contribution in [2.45, 2.75) is 65.7 Å². The van der Waals surface area contributed by atoms with Crippen LogP contribution >= 0.6 is 0 Å². The lowest BCUT2D eigenvalue weighted by molar-refractivity contribution is -0.00681. The number of aromatic nitrogens is 4. The summed E-state index contributed by atoms with van der Waals surface area (Å²) in [4.78, 5) is 2.87. The zero-order valence-electron chi connectivity index (χ0n) is 22.1. The maximum Gasteiger partial charge on any atom is 0.233 e. The summed E-state index contributed by atoms with van der Waals surface area (Å²) in [6, 6.07) is 3.95. The van der Waals surface area contributed by atoms with Crippen LogP contribution < -0.4 is 4.74 Å². The molecule has 4 aliphatic rings. The minimum absolute atomic E-state index is 0.611. The maximum absolute atomic E-state index is 6.10. The van der Waals surface area contributed by atoms with E-state index in [0.29, 0.717) is 17.2 Å². The average Bonchev–Trinajstić information content (AvgIpc) is 3.44. The van der Waals surface area contributed by atoms with Crippen molar-refractivity contribution in [1.29, 1.82) is 0 Å². The molecule has 1 aliphatic heterocycles. The summed E-state index contributed by atoms with van der Waals surface area (Å²) in [6.45, 7) is 11.8. The van der Waals surface area contributed by atoms with Gasteiger partial charge in [-0.05, 0) is 104 Å². The Kier molecular flexibility index (Phi) is 6.14. The number of hydrogen-bond acceptors (Lipinski definition) is 5. The molecule has 2 bridgehead atoms. The second-order valence-corrected chi connectivity index (χ2v) is 13.1. The minimum Gasteiger partial charge on any atom is -0.476 e. The summed E-state index contributed by atoms with van der Waals surface area (Å²) in [7, 11) is 1.94. The molecule has 2 aromatic heterocycles. The first-order valence-electron chi connectivity index (χ1n) is 14.0. The molecule has 6 rings (SSSR count). The van der Waals surface area contributed by atoms with E-state index in [1.165, 1.54) is 64.6 Å². The van der Waals surface area contributed by atoms with Gasteiger partial charge < -0.3 is 9.64 Å². The van der Waals surface area contributed by atoms with Crippen molar-refractivity contribution in [2.75, 3.05) is 26.2 Å². The Hall–Kier alpha value is -1.95. The van der Waals surface area contributed by atoms with Crippen LogP contribution in [0, 0.1) is 47.8 Å². The molecule has 0 N–H and O–H groups in total. The van der Waals surface area contributed by atoms with Gasteiger partial charge in [0.05, 0.1) is 18.5 Å². The van der Waals surface area contributed by atoms with Gasteiger partial charge in [0, 0.05) is 32.7 Å². The number of rotatable bonds is 6.